The number of benzene rings is 1. The summed E-state index contributed by atoms with van der Waals surface area (Å²) in [6.45, 7) is 11.2. The second-order valence-electron chi connectivity index (χ2n) is 6.10. The number of rotatable bonds is 7. The molecule has 5 heteroatoms. The molecule has 1 saturated heterocycles. The first-order valence-corrected chi connectivity index (χ1v) is 8.38. The lowest BCUT2D eigenvalue weighted by molar-refractivity contribution is -0.127. The average Bonchev–Trinajstić information content (AvgIpc) is 2.55. The van der Waals surface area contributed by atoms with Crippen LogP contribution in [-0.4, -0.2) is 56.3 Å². The number of aryl methyl sites for hydroxylation is 2. The largest absolute Gasteiger partial charge is 0.481 e. The van der Waals surface area contributed by atoms with Crippen LogP contribution < -0.4 is 10.1 Å². The summed E-state index contributed by atoms with van der Waals surface area (Å²) in [6, 6.07) is 5.89. The van der Waals surface area contributed by atoms with Crippen LogP contribution >= 0.6 is 0 Å². The standard InChI is InChI=1S/C18H28N2O3/c1-14-5-6-17(13-15(14)2)23-16(3)18(21)19-7-4-8-20-9-11-22-12-10-20/h5-6,13,16H,4,7-12H2,1-3H3,(H,19,21). The van der Waals surface area contributed by atoms with Crippen LogP contribution in [0.15, 0.2) is 18.2 Å². The Kier molecular flexibility index (Phi) is 6.86. The van der Waals surface area contributed by atoms with E-state index in [1.807, 2.05) is 25.1 Å². The fourth-order valence-electron chi connectivity index (χ4n) is 2.53. The second-order valence-corrected chi connectivity index (χ2v) is 6.10. The molecule has 0 spiro atoms. The van der Waals surface area contributed by atoms with E-state index >= 15 is 0 Å². The van der Waals surface area contributed by atoms with Gasteiger partial charge in [0.1, 0.15) is 5.75 Å². The summed E-state index contributed by atoms with van der Waals surface area (Å²) in [5.41, 5.74) is 2.39. The number of carbonyl (C=O) groups is 1. The first kappa shape index (κ1) is 17.8. The number of nitrogens with one attached hydrogen (secondary N) is 1. The Morgan fingerprint density at radius 2 is 2.04 bits per heavy atom. The van der Waals surface area contributed by atoms with Gasteiger partial charge in [-0.15, -0.1) is 0 Å². The summed E-state index contributed by atoms with van der Waals surface area (Å²) in [5.74, 6) is 0.675. The lowest BCUT2D eigenvalue weighted by Crippen LogP contribution is -2.40. The Morgan fingerprint density at radius 3 is 2.74 bits per heavy atom. The van der Waals surface area contributed by atoms with Crippen LogP contribution in [0.2, 0.25) is 0 Å². The van der Waals surface area contributed by atoms with E-state index in [9.17, 15) is 4.79 Å². The number of carbonyl (C=O) groups excluding carboxylic acids is 1. The third kappa shape index (κ3) is 5.84. The van der Waals surface area contributed by atoms with E-state index in [4.69, 9.17) is 9.47 Å². The Hall–Kier alpha value is -1.59. The molecule has 1 fully saturated rings. The van der Waals surface area contributed by atoms with Gasteiger partial charge >= 0.3 is 0 Å². The molecule has 1 aliphatic rings. The zero-order chi connectivity index (χ0) is 16.7. The summed E-state index contributed by atoms with van der Waals surface area (Å²) in [7, 11) is 0. The van der Waals surface area contributed by atoms with E-state index in [0.29, 0.717) is 6.54 Å². The second kappa shape index (κ2) is 8.89. The highest BCUT2D eigenvalue weighted by atomic mass is 16.5. The quantitative estimate of drug-likeness (QED) is 0.780. The van der Waals surface area contributed by atoms with E-state index < -0.39 is 6.10 Å². The average molecular weight is 320 g/mol. The number of amides is 1. The number of morpholine rings is 1. The van der Waals surface area contributed by atoms with Gasteiger partial charge in [0.2, 0.25) is 0 Å². The molecule has 1 aromatic rings. The van der Waals surface area contributed by atoms with Crippen LogP contribution in [-0.2, 0) is 9.53 Å². The summed E-state index contributed by atoms with van der Waals surface area (Å²) >= 11 is 0. The molecule has 128 valence electrons. The van der Waals surface area contributed by atoms with Gasteiger partial charge in [0.25, 0.3) is 5.91 Å². The Labute approximate surface area is 139 Å². The fourth-order valence-corrected chi connectivity index (χ4v) is 2.53. The third-order valence-corrected chi connectivity index (χ3v) is 4.21. The molecule has 1 heterocycles. The van der Waals surface area contributed by atoms with Crippen LogP contribution in [0, 0.1) is 13.8 Å². The van der Waals surface area contributed by atoms with Crippen LogP contribution in [0.5, 0.6) is 5.75 Å². The molecule has 23 heavy (non-hydrogen) atoms. The van der Waals surface area contributed by atoms with Crippen molar-refractivity contribution in [2.45, 2.75) is 33.3 Å². The van der Waals surface area contributed by atoms with Crippen LogP contribution in [0.25, 0.3) is 0 Å². The molecule has 1 aliphatic heterocycles. The molecular formula is C18H28N2O3. The molecule has 5 nitrogen and oxygen atoms in total. The zero-order valence-electron chi connectivity index (χ0n) is 14.4. The highest BCUT2D eigenvalue weighted by Crippen LogP contribution is 2.17. The molecule has 0 radical (unpaired) electrons. The van der Waals surface area contributed by atoms with Gasteiger partial charge in [-0.05, 0) is 57.0 Å². The van der Waals surface area contributed by atoms with Gasteiger partial charge in [0.15, 0.2) is 6.10 Å². The third-order valence-electron chi connectivity index (χ3n) is 4.21. The Balaban J connectivity index is 1.66. The molecule has 1 N–H and O–H groups in total. The van der Waals surface area contributed by atoms with Crippen molar-refractivity contribution in [1.29, 1.82) is 0 Å². The minimum absolute atomic E-state index is 0.0646. The fraction of sp³-hybridized carbons (Fsp3) is 0.611. The zero-order valence-corrected chi connectivity index (χ0v) is 14.4. The van der Waals surface area contributed by atoms with Crippen molar-refractivity contribution in [3.8, 4) is 5.75 Å². The number of hydrogen-bond donors (Lipinski definition) is 1. The monoisotopic (exact) mass is 320 g/mol. The van der Waals surface area contributed by atoms with Gasteiger partial charge in [-0.25, -0.2) is 0 Å². The maximum atomic E-state index is 12.1. The van der Waals surface area contributed by atoms with Crippen LogP contribution in [0.4, 0.5) is 0 Å². The van der Waals surface area contributed by atoms with E-state index in [0.717, 1.165) is 45.0 Å². The number of hydrogen-bond acceptors (Lipinski definition) is 4. The Bertz CT molecular complexity index is 513. The van der Waals surface area contributed by atoms with Gasteiger partial charge in [-0.2, -0.15) is 0 Å². The lowest BCUT2D eigenvalue weighted by atomic mass is 10.1. The molecule has 1 unspecified atom stereocenters. The molecule has 2 rings (SSSR count). The molecule has 1 atom stereocenters. The van der Waals surface area contributed by atoms with Crippen LogP contribution in [0.1, 0.15) is 24.5 Å². The first-order chi connectivity index (χ1) is 11.1. The summed E-state index contributed by atoms with van der Waals surface area (Å²) < 4.78 is 11.0. The molecule has 0 bridgehead atoms. The number of ether oxygens (including phenoxy) is 2. The predicted molar refractivity (Wildman–Crippen MR) is 90.9 cm³/mol. The topological polar surface area (TPSA) is 50.8 Å². The maximum absolute atomic E-state index is 12.1. The normalized spacial score (nSPS) is 16.8. The lowest BCUT2D eigenvalue weighted by Gasteiger charge is -2.26. The molecule has 1 amide bonds. The molecule has 0 saturated carbocycles. The van der Waals surface area contributed by atoms with E-state index in [1.165, 1.54) is 11.1 Å². The van der Waals surface area contributed by atoms with Gasteiger partial charge in [0, 0.05) is 19.6 Å². The van der Waals surface area contributed by atoms with Crippen molar-refractivity contribution in [3.63, 3.8) is 0 Å². The maximum Gasteiger partial charge on any atom is 0.260 e. The van der Waals surface area contributed by atoms with E-state index in [2.05, 4.69) is 17.1 Å². The minimum Gasteiger partial charge on any atom is -0.481 e. The minimum atomic E-state index is -0.486. The molecule has 0 aliphatic carbocycles. The van der Waals surface area contributed by atoms with Gasteiger partial charge in [0.05, 0.1) is 13.2 Å². The van der Waals surface area contributed by atoms with Crippen molar-refractivity contribution in [1.82, 2.24) is 10.2 Å². The molecule has 1 aromatic carbocycles. The smallest absolute Gasteiger partial charge is 0.260 e. The van der Waals surface area contributed by atoms with Crippen molar-refractivity contribution < 1.29 is 14.3 Å². The van der Waals surface area contributed by atoms with Gasteiger partial charge in [-0.3, -0.25) is 9.69 Å². The summed E-state index contributed by atoms with van der Waals surface area (Å²) in [6.07, 6.45) is 0.461. The highest BCUT2D eigenvalue weighted by molar-refractivity contribution is 5.80. The van der Waals surface area contributed by atoms with Crippen molar-refractivity contribution in [3.05, 3.63) is 29.3 Å². The SMILES string of the molecule is Cc1ccc(OC(C)C(=O)NCCCN2CCOCC2)cc1C. The van der Waals surface area contributed by atoms with Crippen molar-refractivity contribution in [2.24, 2.45) is 0 Å². The molecule has 0 aromatic heterocycles. The van der Waals surface area contributed by atoms with E-state index in [-0.39, 0.29) is 5.91 Å². The summed E-state index contributed by atoms with van der Waals surface area (Å²) in [4.78, 5) is 14.4. The van der Waals surface area contributed by atoms with Crippen molar-refractivity contribution in [2.75, 3.05) is 39.4 Å². The number of nitrogens with zero attached hydrogens (tertiary/aromatic N) is 1. The Morgan fingerprint density at radius 1 is 1.30 bits per heavy atom. The highest BCUT2D eigenvalue weighted by Gasteiger charge is 2.15. The molecular weight excluding hydrogens is 292 g/mol. The predicted octanol–water partition coefficient (Wildman–Crippen LogP) is 1.91. The van der Waals surface area contributed by atoms with Crippen LogP contribution in [0.3, 0.4) is 0 Å². The van der Waals surface area contributed by atoms with E-state index in [1.54, 1.807) is 6.92 Å². The first-order valence-electron chi connectivity index (χ1n) is 8.38. The van der Waals surface area contributed by atoms with Gasteiger partial charge in [-0.1, -0.05) is 6.07 Å². The summed E-state index contributed by atoms with van der Waals surface area (Å²) in [5, 5.41) is 2.95. The van der Waals surface area contributed by atoms with Crippen molar-refractivity contribution >= 4 is 5.91 Å². The van der Waals surface area contributed by atoms with Gasteiger partial charge < -0.3 is 14.8 Å².